The highest BCUT2D eigenvalue weighted by molar-refractivity contribution is 5.95. The van der Waals surface area contributed by atoms with Crippen LogP contribution in [0.2, 0.25) is 0 Å². The standard InChI is InChI=1S/C23H27F2N7O2/c1-13-29-22-19(32(13)12-20(24)25)8-14(9-26-22)17-10-27-21-18(17)11-28-23(31-21)30-15-2-4-16(5-3-15)34-7-6-33/h8-11,15-16,20,33H,2-7,12H2,1H3,(H2,27,28,30,31)/t15-,16+. The summed E-state index contributed by atoms with van der Waals surface area (Å²) in [7, 11) is 0. The number of rotatable bonds is 8. The molecule has 9 nitrogen and oxygen atoms in total. The van der Waals surface area contributed by atoms with Crippen molar-refractivity contribution in [2.24, 2.45) is 0 Å². The van der Waals surface area contributed by atoms with Gasteiger partial charge in [0.2, 0.25) is 5.95 Å². The van der Waals surface area contributed by atoms with Crippen LogP contribution in [0.4, 0.5) is 14.7 Å². The number of aromatic nitrogens is 6. The number of aryl methyl sites for hydroxylation is 1. The van der Waals surface area contributed by atoms with Crippen LogP contribution in [-0.4, -0.2) is 66.4 Å². The van der Waals surface area contributed by atoms with Crippen LogP contribution in [0.3, 0.4) is 0 Å². The first-order valence-electron chi connectivity index (χ1n) is 11.5. The second-order valence-electron chi connectivity index (χ2n) is 8.60. The highest BCUT2D eigenvalue weighted by Gasteiger charge is 2.22. The molecule has 4 heterocycles. The highest BCUT2D eigenvalue weighted by Crippen LogP contribution is 2.30. The normalized spacial score (nSPS) is 18.9. The molecule has 1 saturated carbocycles. The van der Waals surface area contributed by atoms with E-state index in [0.717, 1.165) is 42.2 Å². The Morgan fingerprint density at radius 2 is 2.03 bits per heavy atom. The van der Waals surface area contributed by atoms with Gasteiger partial charge >= 0.3 is 0 Å². The van der Waals surface area contributed by atoms with Gasteiger partial charge in [0, 0.05) is 41.1 Å². The molecule has 1 aliphatic rings. The Hall–Kier alpha value is -3.18. The summed E-state index contributed by atoms with van der Waals surface area (Å²) in [4.78, 5) is 21.0. The Kier molecular flexibility index (Phi) is 6.38. The molecular weight excluding hydrogens is 444 g/mol. The molecule has 0 radical (unpaired) electrons. The minimum Gasteiger partial charge on any atom is -0.394 e. The lowest BCUT2D eigenvalue weighted by atomic mass is 9.93. The van der Waals surface area contributed by atoms with E-state index in [2.05, 4.69) is 30.2 Å². The van der Waals surface area contributed by atoms with E-state index in [-0.39, 0.29) is 18.8 Å². The lowest BCUT2D eigenvalue weighted by Gasteiger charge is -2.28. The van der Waals surface area contributed by atoms with Gasteiger partial charge in [-0.1, -0.05) is 0 Å². The Morgan fingerprint density at radius 3 is 2.79 bits per heavy atom. The molecule has 0 spiro atoms. The molecule has 1 fully saturated rings. The van der Waals surface area contributed by atoms with Crippen LogP contribution in [0.5, 0.6) is 0 Å². The zero-order valence-corrected chi connectivity index (χ0v) is 18.8. The van der Waals surface area contributed by atoms with Gasteiger partial charge in [0.05, 0.1) is 31.4 Å². The molecule has 0 amide bonds. The number of nitrogens with one attached hydrogen (secondary N) is 2. The number of aliphatic hydroxyl groups is 1. The van der Waals surface area contributed by atoms with Gasteiger partial charge in [0.25, 0.3) is 6.43 Å². The Labute approximate surface area is 194 Å². The van der Waals surface area contributed by atoms with Crippen LogP contribution in [0.1, 0.15) is 31.5 Å². The van der Waals surface area contributed by atoms with Crippen molar-refractivity contribution in [2.45, 2.75) is 57.7 Å². The van der Waals surface area contributed by atoms with Crippen molar-refractivity contribution in [3.8, 4) is 11.1 Å². The van der Waals surface area contributed by atoms with E-state index in [0.29, 0.717) is 35.2 Å². The van der Waals surface area contributed by atoms with E-state index in [1.54, 1.807) is 19.3 Å². The first kappa shape index (κ1) is 22.6. The molecule has 0 saturated heterocycles. The maximum atomic E-state index is 13.1. The smallest absolute Gasteiger partial charge is 0.256 e. The van der Waals surface area contributed by atoms with Gasteiger partial charge in [-0.2, -0.15) is 4.98 Å². The lowest BCUT2D eigenvalue weighted by Crippen LogP contribution is -2.30. The average molecular weight is 472 g/mol. The predicted molar refractivity (Wildman–Crippen MR) is 124 cm³/mol. The van der Waals surface area contributed by atoms with E-state index in [4.69, 9.17) is 9.84 Å². The van der Waals surface area contributed by atoms with Crippen LogP contribution in [0.25, 0.3) is 33.3 Å². The minimum atomic E-state index is -2.48. The molecule has 4 aromatic heterocycles. The van der Waals surface area contributed by atoms with Gasteiger partial charge in [-0.25, -0.2) is 23.7 Å². The second-order valence-corrected chi connectivity index (χ2v) is 8.60. The second kappa shape index (κ2) is 9.59. The molecule has 0 atom stereocenters. The van der Waals surface area contributed by atoms with Gasteiger partial charge in [-0.15, -0.1) is 0 Å². The summed E-state index contributed by atoms with van der Waals surface area (Å²) in [6.07, 6.45) is 6.77. The summed E-state index contributed by atoms with van der Waals surface area (Å²) in [6, 6.07) is 2.10. The number of halogens is 2. The number of H-pyrrole nitrogens is 1. The fourth-order valence-electron chi connectivity index (χ4n) is 4.63. The summed E-state index contributed by atoms with van der Waals surface area (Å²) in [5.74, 6) is 1.06. The number of hydrogen-bond acceptors (Lipinski definition) is 7. The zero-order valence-electron chi connectivity index (χ0n) is 18.8. The van der Waals surface area contributed by atoms with Gasteiger partial charge in [-0.05, 0) is 38.7 Å². The van der Waals surface area contributed by atoms with Gasteiger partial charge < -0.3 is 24.7 Å². The molecule has 11 heteroatoms. The van der Waals surface area contributed by atoms with Crippen LogP contribution in [0.15, 0.2) is 24.7 Å². The lowest BCUT2D eigenvalue weighted by molar-refractivity contribution is 0.00719. The topological polar surface area (TPSA) is 114 Å². The third-order valence-electron chi connectivity index (χ3n) is 6.31. The molecule has 0 aliphatic heterocycles. The van der Waals surface area contributed by atoms with E-state index in [1.807, 2.05) is 12.3 Å². The van der Waals surface area contributed by atoms with Crippen molar-refractivity contribution in [3.05, 3.63) is 30.5 Å². The minimum absolute atomic E-state index is 0.0487. The summed E-state index contributed by atoms with van der Waals surface area (Å²) in [6.45, 7) is 1.71. The number of ether oxygens (including phenoxy) is 1. The maximum absolute atomic E-state index is 13.1. The van der Waals surface area contributed by atoms with E-state index < -0.39 is 13.0 Å². The molecule has 0 unspecified atom stereocenters. The highest BCUT2D eigenvalue weighted by atomic mass is 19.3. The third-order valence-corrected chi connectivity index (χ3v) is 6.31. The van der Waals surface area contributed by atoms with Crippen LogP contribution in [-0.2, 0) is 11.3 Å². The largest absolute Gasteiger partial charge is 0.394 e. The van der Waals surface area contributed by atoms with Crippen molar-refractivity contribution in [1.29, 1.82) is 0 Å². The average Bonchev–Trinajstić information content (AvgIpc) is 3.38. The number of pyridine rings is 1. The molecule has 4 aromatic rings. The number of anilines is 1. The summed E-state index contributed by atoms with van der Waals surface area (Å²) < 4.78 is 33.2. The van der Waals surface area contributed by atoms with Crippen LogP contribution >= 0.6 is 0 Å². The van der Waals surface area contributed by atoms with Crippen molar-refractivity contribution in [3.63, 3.8) is 0 Å². The molecule has 5 rings (SSSR count). The van der Waals surface area contributed by atoms with E-state index in [9.17, 15) is 8.78 Å². The predicted octanol–water partition coefficient (Wildman–Crippen LogP) is 3.68. The molecule has 0 bridgehead atoms. The Morgan fingerprint density at radius 1 is 1.21 bits per heavy atom. The number of nitrogens with zero attached hydrogens (tertiary/aromatic N) is 5. The summed E-state index contributed by atoms with van der Waals surface area (Å²) >= 11 is 0. The first-order valence-corrected chi connectivity index (χ1v) is 11.5. The van der Waals surface area contributed by atoms with Gasteiger partial charge in [0.15, 0.2) is 5.65 Å². The number of alkyl halides is 2. The van der Waals surface area contributed by atoms with Gasteiger partial charge in [-0.3, -0.25) is 0 Å². The number of imidazole rings is 1. The number of aliphatic hydroxyl groups excluding tert-OH is 1. The Bertz CT molecular complexity index is 1280. The third kappa shape index (κ3) is 4.58. The van der Waals surface area contributed by atoms with E-state index in [1.165, 1.54) is 4.57 Å². The molecule has 180 valence electrons. The van der Waals surface area contributed by atoms with Crippen LogP contribution < -0.4 is 5.32 Å². The van der Waals surface area contributed by atoms with Gasteiger partial charge in [0.1, 0.15) is 11.5 Å². The number of aromatic amines is 1. The quantitative estimate of drug-likeness (QED) is 0.359. The summed E-state index contributed by atoms with van der Waals surface area (Å²) in [5.41, 5.74) is 3.33. The fraction of sp³-hybridized carbons (Fsp3) is 0.478. The monoisotopic (exact) mass is 471 g/mol. The SMILES string of the molecule is Cc1nc2ncc(-c3c[nH]c4nc(N[C@H]5CC[C@@H](OCCO)CC5)ncc34)cc2n1CC(F)F. The first-order chi connectivity index (χ1) is 16.5. The number of hydrogen-bond donors (Lipinski definition) is 3. The molecule has 3 N–H and O–H groups in total. The molecule has 1 aliphatic carbocycles. The van der Waals surface area contributed by atoms with Crippen molar-refractivity contribution < 1.29 is 18.6 Å². The van der Waals surface area contributed by atoms with Crippen molar-refractivity contribution in [1.82, 2.24) is 29.5 Å². The zero-order chi connectivity index (χ0) is 23.7. The van der Waals surface area contributed by atoms with Crippen molar-refractivity contribution >= 4 is 28.1 Å². The number of fused-ring (bicyclic) bond motifs is 2. The fourth-order valence-corrected chi connectivity index (χ4v) is 4.63. The van der Waals surface area contributed by atoms with Crippen molar-refractivity contribution in [2.75, 3.05) is 18.5 Å². The summed E-state index contributed by atoms with van der Waals surface area (Å²) in [5, 5.41) is 13.1. The Balaban J connectivity index is 1.35. The molecular formula is C23H27F2N7O2. The van der Waals surface area contributed by atoms with Crippen LogP contribution in [0, 0.1) is 6.92 Å². The molecule has 34 heavy (non-hydrogen) atoms. The van der Waals surface area contributed by atoms with E-state index >= 15 is 0 Å². The maximum Gasteiger partial charge on any atom is 0.256 e. The molecule has 0 aromatic carbocycles.